The lowest BCUT2D eigenvalue weighted by molar-refractivity contribution is 0.378. The number of rotatable bonds is 6. The van der Waals surface area contributed by atoms with Crippen LogP contribution in [-0.2, 0) is 0 Å². The van der Waals surface area contributed by atoms with Gasteiger partial charge in [-0.05, 0) is 46.4 Å². The molecule has 114 valence electrons. The number of pyridine rings is 2. The van der Waals surface area contributed by atoms with Crippen LogP contribution < -0.4 is 10.6 Å². The van der Waals surface area contributed by atoms with E-state index in [0.29, 0.717) is 6.54 Å². The molecule has 0 aliphatic rings. The number of anilines is 1. The molecule has 0 atom stereocenters. The van der Waals surface area contributed by atoms with Gasteiger partial charge in [0.05, 0.1) is 11.2 Å². The summed E-state index contributed by atoms with van der Waals surface area (Å²) in [5.74, 6) is 0. The van der Waals surface area contributed by atoms with Gasteiger partial charge in [-0.3, -0.25) is 9.97 Å². The Balaban J connectivity index is 2.45. The van der Waals surface area contributed by atoms with Crippen LogP contribution in [0.3, 0.4) is 0 Å². The van der Waals surface area contributed by atoms with Crippen molar-refractivity contribution in [2.45, 2.75) is 27.2 Å². The van der Waals surface area contributed by atoms with Crippen LogP contribution in [0.25, 0.3) is 11.0 Å². The Kier molecular flexibility index (Phi) is 5.17. The van der Waals surface area contributed by atoms with Crippen molar-refractivity contribution >= 4 is 32.7 Å². The third-order valence-electron chi connectivity index (χ3n) is 3.53. The number of hydrogen-bond acceptors (Lipinski definition) is 4. The zero-order valence-corrected chi connectivity index (χ0v) is 14.5. The maximum absolute atomic E-state index is 5.90. The summed E-state index contributed by atoms with van der Waals surface area (Å²) in [7, 11) is 0. The molecular formula is C16H23BrN4. The van der Waals surface area contributed by atoms with Gasteiger partial charge >= 0.3 is 0 Å². The smallest absolute Gasteiger partial charge is 0.112 e. The first-order valence-electron chi connectivity index (χ1n) is 7.32. The summed E-state index contributed by atoms with van der Waals surface area (Å²) < 4.78 is 0.948. The SMILES string of the molecule is CCCN(CC(C)(C)CN)c1ccnc2cc(Br)cnc12. The van der Waals surface area contributed by atoms with Crippen LogP contribution in [-0.4, -0.2) is 29.6 Å². The fraction of sp³-hybridized carbons (Fsp3) is 0.500. The highest BCUT2D eigenvalue weighted by Gasteiger charge is 2.21. The predicted molar refractivity (Wildman–Crippen MR) is 92.6 cm³/mol. The van der Waals surface area contributed by atoms with Gasteiger partial charge in [-0.25, -0.2) is 0 Å². The quantitative estimate of drug-likeness (QED) is 0.864. The maximum atomic E-state index is 5.90. The minimum atomic E-state index is 0.0696. The highest BCUT2D eigenvalue weighted by molar-refractivity contribution is 9.10. The molecule has 2 aromatic rings. The zero-order chi connectivity index (χ0) is 15.5. The number of hydrogen-bond donors (Lipinski definition) is 1. The van der Waals surface area contributed by atoms with Crippen molar-refractivity contribution < 1.29 is 0 Å². The molecule has 2 heterocycles. The summed E-state index contributed by atoms with van der Waals surface area (Å²) in [6.45, 7) is 9.14. The lowest BCUT2D eigenvalue weighted by Gasteiger charge is -2.33. The van der Waals surface area contributed by atoms with Gasteiger partial charge in [0.2, 0.25) is 0 Å². The first-order chi connectivity index (χ1) is 9.96. The van der Waals surface area contributed by atoms with Crippen molar-refractivity contribution in [1.82, 2.24) is 9.97 Å². The van der Waals surface area contributed by atoms with Crippen LogP contribution in [0.5, 0.6) is 0 Å². The second-order valence-electron chi connectivity index (χ2n) is 6.14. The summed E-state index contributed by atoms with van der Waals surface area (Å²) in [5.41, 5.74) is 8.96. The molecule has 21 heavy (non-hydrogen) atoms. The predicted octanol–water partition coefficient (Wildman–Crippen LogP) is 3.59. The molecule has 0 unspecified atom stereocenters. The van der Waals surface area contributed by atoms with E-state index >= 15 is 0 Å². The average Bonchev–Trinajstić information content (AvgIpc) is 2.45. The van der Waals surface area contributed by atoms with Crippen molar-refractivity contribution in [3.05, 3.63) is 29.0 Å². The first kappa shape index (κ1) is 16.2. The Morgan fingerprint density at radius 3 is 2.76 bits per heavy atom. The summed E-state index contributed by atoms with van der Waals surface area (Å²) >= 11 is 3.45. The van der Waals surface area contributed by atoms with Gasteiger partial charge < -0.3 is 10.6 Å². The Hall–Kier alpha value is -1.20. The van der Waals surface area contributed by atoms with Gasteiger partial charge in [-0.1, -0.05) is 20.8 Å². The van der Waals surface area contributed by atoms with Crippen molar-refractivity contribution in [2.75, 3.05) is 24.5 Å². The molecule has 0 radical (unpaired) electrons. The van der Waals surface area contributed by atoms with Gasteiger partial charge in [0.25, 0.3) is 0 Å². The van der Waals surface area contributed by atoms with E-state index < -0.39 is 0 Å². The molecule has 0 aromatic carbocycles. The van der Waals surface area contributed by atoms with Crippen LogP contribution in [0.15, 0.2) is 29.0 Å². The van der Waals surface area contributed by atoms with E-state index in [1.807, 2.05) is 24.5 Å². The highest BCUT2D eigenvalue weighted by atomic mass is 79.9. The minimum absolute atomic E-state index is 0.0696. The fourth-order valence-corrected chi connectivity index (χ4v) is 2.70. The van der Waals surface area contributed by atoms with Crippen LogP contribution in [0.2, 0.25) is 0 Å². The lowest BCUT2D eigenvalue weighted by atomic mass is 9.92. The van der Waals surface area contributed by atoms with E-state index in [-0.39, 0.29) is 5.41 Å². The first-order valence-corrected chi connectivity index (χ1v) is 8.11. The fourth-order valence-electron chi connectivity index (χ4n) is 2.38. The molecular weight excluding hydrogens is 328 g/mol. The normalized spacial score (nSPS) is 11.9. The van der Waals surface area contributed by atoms with Crippen molar-refractivity contribution in [2.24, 2.45) is 11.1 Å². The van der Waals surface area contributed by atoms with E-state index in [0.717, 1.165) is 40.7 Å². The number of halogens is 1. The second kappa shape index (κ2) is 6.71. The lowest BCUT2D eigenvalue weighted by Crippen LogP contribution is -2.39. The highest BCUT2D eigenvalue weighted by Crippen LogP contribution is 2.28. The molecule has 0 amide bonds. The topological polar surface area (TPSA) is 55.0 Å². The van der Waals surface area contributed by atoms with Gasteiger partial charge in [-0.2, -0.15) is 0 Å². The summed E-state index contributed by atoms with van der Waals surface area (Å²) in [4.78, 5) is 11.3. The molecule has 5 heteroatoms. The number of nitrogens with zero attached hydrogens (tertiary/aromatic N) is 3. The van der Waals surface area contributed by atoms with E-state index in [4.69, 9.17) is 5.73 Å². The molecule has 2 aromatic heterocycles. The second-order valence-corrected chi connectivity index (χ2v) is 7.06. The standard InChI is InChI=1S/C16H23BrN4/c1-4-7-21(11-16(2,3)10-18)14-5-6-19-13-8-12(17)9-20-15(13)14/h5-6,8-9H,4,7,10-11,18H2,1-3H3. The van der Waals surface area contributed by atoms with Crippen molar-refractivity contribution in [1.29, 1.82) is 0 Å². The summed E-state index contributed by atoms with van der Waals surface area (Å²) in [6.07, 6.45) is 4.76. The minimum Gasteiger partial charge on any atom is -0.369 e. The Bertz CT molecular complexity index is 612. The molecule has 0 spiro atoms. The number of aromatic nitrogens is 2. The van der Waals surface area contributed by atoms with Crippen LogP contribution >= 0.6 is 15.9 Å². The molecule has 0 fully saturated rings. The Labute approximate surface area is 134 Å². The largest absolute Gasteiger partial charge is 0.369 e. The molecule has 0 bridgehead atoms. The third kappa shape index (κ3) is 3.92. The summed E-state index contributed by atoms with van der Waals surface area (Å²) in [5, 5.41) is 0. The molecule has 0 aliphatic heterocycles. The van der Waals surface area contributed by atoms with E-state index in [2.05, 4.69) is 51.6 Å². The number of nitrogens with two attached hydrogens (primary N) is 1. The maximum Gasteiger partial charge on any atom is 0.112 e. The van der Waals surface area contributed by atoms with E-state index in [1.54, 1.807) is 0 Å². The molecule has 0 aliphatic carbocycles. The van der Waals surface area contributed by atoms with Gasteiger partial charge in [0.15, 0.2) is 0 Å². The van der Waals surface area contributed by atoms with Gasteiger partial charge in [0, 0.05) is 30.0 Å². The monoisotopic (exact) mass is 350 g/mol. The molecule has 4 nitrogen and oxygen atoms in total. The third-order valence-corrected chi connectivity index (χ3v) is 3.96. The molecule has 2 rings (SSSR count). The van der Waals surface area contributed by atoms with Crippen LogP contribution in [0.1, 0.15) is 27.2 Å². The van der Waals surface area contributed by atoms with Crippen molar-refractivity contribution in [3.63, 3.8) is 0 Å². The van der Waals surface area contributed by atoms with E-state index in [9.17, 15) is 0 Å². The van der Waals surface area contributed by atoms with Gasteiger partial charge in [0.1, 0.15) is 5.52 Å². The zero-order valence-electron chi connectivity index (χ0n) is 12.9. The number of fused-ring (bicyclic) bond motifs is 1. The molecule has 2 N–H and O–H groups in total. The summed E-state index contributed by atoms with van der Waals surface area (Å²) in [6, 6.07) is 4.05. The van der Waals surface area contributed by atoms with Crippen LogP contribution in [0.4, 0.5) is 5.69 Å². The molecule has 0 saturated heterocycles. The van der Waals surface area contributed by atoms with Crippen molar-refractivity contribution in [3.8, 4) is 0 Å². The van der Waals surface area contributed by atoms with Gasteiger partial charge in [-0.15, -0.1) is 0 Å². The average molecular weight is 351 g/mol. The van der Waals surface area contributed by atoms with Crippen LogP contribution in [0, 0.1) is 5.41 Å². The molecule has 0 saturated carbocycles. The Morgan fingerprint density at radius 1 is 1.33 bits per heavy atom. The van der Waals surface area contributed by atoms with E-state index in [1.165, 1.54) is 0 Å². The Morgan fingerprint density at radius 2 is 2.10 bits per heavy atom.